The minimum Gasteiger partial charge on any atom is -0.348 e. The third kappa shape index (κ3) is 3.34. The molecule has 3 aromatic rings. The quantitative estimate of drug-likeness (QED) is 0.767. The Labute approximate surface area is 131 Å². The fourth-order valence-corrected chi connectivity index (χ4v) is 2.59. The summed E-state index contributed by atoms with van der Waals surface area (Å²) in [6.45, 7) is 2.18. The smallest absolute Gasteiger partial charge is 0.226 e. The molecule has 0 saturated heterocycles. The molecular weight excluding hydrogens is 300 g/mol. The second kappa shape index (κ2) is 6.44. The summed E-state index contributed by atoms with van der Waals surface area (Å²) in [5.41, 5.74) is 1.63. The van der Waals surface area contributed by atoms with Crippen LogP contribution < -0.4 is 5.32 Å². The molecule has 0 aliphatic heterocycles. The van der Waals surface area contributed by atoms with Gasteiger partial charge in [0.15, 0.2) is 5.82 Å². The van der Waals surface area contributed by atoms with E-state index in [9.17, 15) is 4.79 Å². The maximum Gasteiger partial charge on any atom is 0.226 e. The molecule has 0 aliphatic rings. The topological polar surface area (TPSA) is 85.6 Å². The highest BCUT2D eigenvalue weighted by molar-refractivity contribution is 7.09. The number of aryl methyl sites for hydroxylation is 1. The number of hydrogen-bond acceptors (Lipinski definition) is 6. The molecule has 0 saturated carbocycles. The van der Waals surface area contributed by atoms with Crippen molar-refractivity contribution < 1.29 is 4.79 Å². The second-order valence-corrected chi connectivity index (χ2v) is 5.72. The molecule has 0 bridgehead atoms. The Balaban J connectivity index is 1.63. The minimum atomic E-state index is -0.104. The Kier molecular flexibility index (Phi) is 4.19. The normalized spacial score (nSPS) is 10.6. The van der Waals surface area contributed by atoms with Gasteiger partial charge in [-0.05, 0) is 29.5 Å². The van der Waals surface area contributed by atoms with Crippen LogP contribution in [0.2, 0.25) is 0 Å². The zero-order valence-corrected chi connectivity index (χ0v) is 12.7. The van der Waals surface area contributed by atoms with Gasteiger partial charge >= 0.3 is 0 Å². The fraction of sp³-hybridized carbons (Fsp3) is 0.214. The molecule has 8 heteroatoms. The van der Waals surface area contributed by atoms with Crippen LogP contribution in [0.25, 0.3) is 5.69 Å². The van der Waals surface area contributed by atoms with Crippen LogP contribution in [0.15, 0.2) is 35.7 Å². The molecule has 0 fully saturated rings. The number of tetrazole rings is 1. The maximum atomic E-state index is 11.9. The van der Waals surface area contributed by atoms with Crippen LogP contribution in [-0.2, 0) is 17.8 Å². The zero-order chi connectivity index (χ0) is 15.4. The number of thiazole rings is 1. The third-order valence-corrected chi connectivity index (χ3v) is 3.81. The SMILES string of the molecule is Cc1nc(CC(=O)NCc2nnnn2-c2ccccc2)cs1. The summed E-state index contributed by atoms with van der Waals surface area (Å²) in [7, 11) is 0. The lowest BCUT2D eigenvalue weighted by Gasteiger charge is -2.05. The standard InChI is InChI=1S/C14H14N6OS/c1-10-16-11(9-22-10)7-14(21)15-8-13-17-18-19-20(13)12-5-3-2-4-6-12/h2-6,9H,7-8H2,1H3,(H,15,21). The lowest BCUT2D eigenvalue weighted by atomic mass is 10.3. The van der Waals surface area contributed by atoms with Crippen molar-refractivity contribution in [2.24, 2.45) is 0 Å². The van der Waals surface area contributed by atoms with Crippen molar-refractivity contribution in [2.75, 3.05) is 0 Å². The van der Waals surface area contributed by atoms with E-state index in [1.165, 1.54) is 11.3 Å². The van der Waals surface area contributed by atoms with Gasteiger partial charge in [0, 0.05) is 5.38 Å². The van der Waals surface area contributed by atoms with Crippen molar-refractivity contribution in [1.29, 1.82) is 0 Å². The van der Waals surface area contributed by atoms with Gasteiger partial charge in [-0.25, -0.2) is 4.98 Å². The molecule has 1 N–H and O–H groups in total. The highest BCUT2D eigenvalue weighted by atomic mass is 32.1. The summed E-state index contributed by atoms with van der Waals surface area (Å²) in [6.07, 6.45) is 0.261. The molecular formula is C14H14N6OS. The van der Waals surface area contributed by atoms with E-state index in [1.807, 2.05) is 42.6 Å². The van der Waals surface area contributed by atoms with Crippen molar-refractivity contribution in [2.45, 2.75) is 19.9 Å². The number of carbonyl (C=O) groups is 1. The van der Waals surface area contributed by atoms with Gasteiger partial charge in [-0.1, -0.05) is 18.2 Å². The summed E-state index contributed by atoms with van der Waals surface area (Å²) in [4.78, 5) is 16.2. The maximum absolute atomic E-state index is 11.9. The van der Waals surface area contributed by atoms with Gasteiger partial charge in [-0.15, -0.1) is 16.4 Å². The average molecular weight is 314 g/mol. The Morgan fingerprint density at radius 3 is 2.86 bits per heavy atom. The molecule has 1 aromatic carbocycles. The van der Waals surface area contributed by atoms with Gasteiger partial charge in [0.05, 0.1) is 29.4 Å². The molecule has 0 aliphatic carbocycles. The molecule has 3 rings (SSSR count). The lowest BCUT2D eigenvalue weighted by molar-refractivity contribution is -0.120. The van der Waals surface area contributed by atoms with Crippen LogP contribution in [0, 0.1) is 6.92 Å². The third-order valence-electron chi connectivity index (χ3n) is 2.99. The molecule has 112 valence electrons. The molecule has 22 heavy (non-hydrogen) atoms. The number of carbonyl (C=O) groups excluding carboxylic acids is 1. The van der Waals surface area contributed by atoms with Crippen molar-refractivity contribution in [3.8, 4) is 5.69 Å². The molecule has 0 spiro atoms. The van der Waals surface area contributed by atoms with E-state index in [0.717, 1.165) is 16.4 Å². The van der Waals surface area contributed by atoms with Crippen molar-refractivity contribution >= 4 is 17.2 Å². The first-order valence-corrected chi connectivity index (χ1v) is 7.61. The predicted molar refractivity (Wildman–Crippen MR) is 81.6 cm³/mol. The van der Waals surface area contributed by atoms with Crippen molar-refractivity contribution in [3.05, 3.63) is 52.2 Å². The van der Waals surface area contributed by atoms with E-state index in [-0.39, 0.29) is 18.9 Å². The number of rotatable bonds is 5. The van der Waals surface area contributed by atoms with E-state index in [2.05, 4.69) is 25.8 Å². The Hall–Kier alpha value is -2.61. The summed E-state index contributed by atoms with van der Waals surface area (Å²) >= 11 is 1.53. The van der Waals surface area contributed by atoms with E-state index in [4.69, 9.17) is 0 Å². The Morgan fingerprint density at radius 1 is 1.32 bits per heavy atom. The fourth-order valence-electron chi connectivity index (χ4n) is 1.98. The number of amides is 1. The van der Waals surface area contributed by atoms with Crippen LogP contribution in [0.5, 0.6) is 0 Å². The Bertz CT molecular complexity index is 767. The van der Waals surface area contributed by atoms with E-state index in [0.29, 0.717) is 5.82 Å². The number of benzene rings is 1. The lowest BCUT2D eigenvalue weighted by Crippen LogP contribution is -2.26. The molecule has 0 atom stereocenters. The van der Waals surface area contributed by atoms with Crippen LogP contribution >= 0.6 is 11.3 Å². The molecule has 1 amide bonds. The first kappa shape index (κ1) is 14.3. The average Bonchev–Trinajstić information content (AvgIpc) is 3.15. The van der Waals surface area contributed by atoms with Crippen LogP contribution in [0.4, 0.5) is 0 Å². The van der Waals surface area contributed by atoms with Gasteiger partial charge in [-0.3, -0.25) is 4.79 Å². The summed E-state index contributed by atoms with van der Waals surface area (Å²) in [5, 5.41) is 17.2. The van der Waals surface area contributed by atoms with E-state index >= 15 is 0 Å². The second-order valence-electron chi connectivity index (χ2n) is 4.65. The number of aromatic nitrogens is 5. The first-order chi connectivity index (χ1) is 10.7. The molecule has 2 heterocycles. The van der Waals surface area contributed by atoms with Gasteiger partial charge in [-0.2, -0.15) is 4.68 Å². The van der Waals surface area contributed by atoms with Gasteiger partial charge in [0.25, 0.3) is 0 Å². The molecule has 7 nitrogen and oxygen atoms in total. The molecule has 0 radical (unpaired) electrons. The zero-order valence-electron chi connectivity index (χ0n) is 11.9. The molecule has 0 unspecified atom stereocenters. The number of nitrogens with zero attached hydrogens (tertiary/aromatic N) is 5. The Morgan fingerprint density at radius 2 is 2.14 bits per heavy atom. The largest absolute Gasteiger partial charge is 0.348 e. The number of hydrogen-bond donors (Lipinski definition) is 1. The summed E-state index contributed by atoms with van der Waals surface area (Å²) in [5.74, 6) is 0.474. The van der Waals surface area contributed by atoms with E-state index in [1.54, 1.807) is 4.68 Å². The predicted octanol–water partition coefficient (Wildman–Crippen LogP) is 1.29. The van der Waals surface area contributed by atoms with Crippen molar-refractivity contribution in [1.82, 2.24) is 30.5 Å². The minimum absolute atomic E-state index is 0.104. The number of nitrogens with one attached hydrogen (secondary N) is 1. The van der Waals surface area contributed by atoms with Crippen LogP contribution in [0.1, 0.15) is 16.5 Å². The number of para-hydroxylation sites is 1. The summed E-state index contributed by atoms with van der Waals surface area (Å²) in [6, 6.07) is 9.54. The van der Waals surface area contributed by atoms with Gasteiger partial charge < -0.3 is 5.32 Å². The monoisotopic (exact) mass is 314 g/mol. The van der Waals surface area contributed by atoms with Crippen LogP contribution in [0.3, 0.4) is 0 Å². The van der Waals surface area contributed by atoms with Gasteiger partial charge in [0.1, 0.15) is 0 Å². The first-order valence-electron chi connectivity index (χ1n) is 6.73. The van der Waals surface area contributed by atoms with Crippen molar-refractivity contribution in [3.63, 3.8) is 0 Å². The van der Waals surface area contributed by atoms with E-state index < -0.39 is 0 Å². The van der Waals surface area contributed by atoms with Gasteiger partial charge in [0.2, 0.25) is 5.91 Å². The molecule has 2 aromatic heterocycles. The highest BCUT2D eigenvalue weighted by Crippen LogP contribution is 2.09. The highest BCUT2D eigenvalue weighted by Gasteiger charge is 2.11. The summed E-state index contributed by atoms with van der Waals surface area (Å²) < 4.78 is 1.60. The van der Waals surface area contributed by atoms with Crippen LogP contribution in [-0.4, -0.2) is 31.1 Å².